The fourth-order valence-corrected chi connectivity index (χ4v) is 2.78. The van der Waals surface area contributed by atoms with Gasteiger partial charge in [-0.3, -0.25) is 10.2 Å². The van der Waals surface area contributed by atoms with E-state index in [9.17, 15) is 4.79 Å². The van der Waals surface area contributed by atoms with Gasteiger partial charge in [0.1, 0.15) is 6.04 Å². The number of nitrogens with zero attached hydrogens (tertiary/aromatic N) is 1. The summed E-state index contributed by atoms with van der Waals surface area (Å²) in [5, 5.41) is 22.3. The second kappa shape index (κ2) is 6.17. The minimum atomic E-state index is -0.491. The smallest absolute Gasteiger partial charge is 0.247 e. The second-order valence-corrected chi connectivity index (χ2v) is 5.42. The van der Waals surface area contributed by atoms with E-state index < -0.39 is 6.04 Å². The third kappa shape index (κ3) is 3.35. The van der Waals surface area contributed by atoms with Crippen LogP contribution in [-0.4, -0.2) is 17.8 Å². The van der Waals surface area contributed by atoms with Crippen molar-refractivity contribution in [1.29, 1.82) is 10.7 Å². The molecule has 5 nitrogen and oxygen atoms in total. The Bertz CT molecular complexity index is 655. The van der Waals surface area contributed by atoms with Crippen LogP contribution in [-0.2, 0) is 4.79 Å². The van der Waals surface area contributed by atoms with E-state index in [1.807, 2.05) is 6.07 Å². The van der Waals surface area contributed by atoms with E-state index >= 15 is 0 Å². The minimum Gasteiger partial charge on any atom is -0.374 e. The lowest BCUT2D eigenvalue weighted by Crippen LogP contribution is -2.49. The van der Waals surface area contributed by atoms with Crippen molar-refractivity contribution in [3.8, 4) is 6.07 Å². The molecule has 1 aromatic rings. The van der Waals surface area contributed by atoms with Crippen LogP contribution < -0.4 is 10.6 Å². The SMILES string of the molecule is C=C(NC1CCC(=N)NC1=O)c1c(Cl)cc(C#N)cc1Cl. The fraction of sp³-hybridized carbons (Fsp3) is 0.214. The lowest BCUT2D eigenvalue weighted by molar-refractivity contribution is -0.122. The molecule has 1 atom stereocenters. The van der Waals surface area contributed by atoms with Crippen molar-refractivity contribution in [3.05, 3.63) is 39.9 Å². The first-order valence-electron chi connectivity index (χ1n) is 6.15. The van der Waals surface area contributed by atoms with Crippen LogP contribution in [0.5, 0.6) is 0 Å². The van der Waals surface area contributed by atoms with Crippen LogP contribution in [0.25, 0.3) is 5.70 Å². The average molecular weight is 323 g/mol. The molecule has 1 fully saturated rings. The van der Waals surface area contributed by atoms with Gasteiger partial charge in [-0.25, -0.2) is 0 Å². The normalized spacial score (nSPS) is 17.9. The molecule has 0 saturated carbocycles. The first kappa shape index (κ1) is 15.4. The highest BCUT2D eigenvalue weighted by atomic mass is 35.5. The van der Waals surface area contributed by atoms with Crippen molar-refractivity contribution < 1.29 is 4.79 Å². The Morgan fingerprint density at radius 3 is 2.62 bits per heavy atom. The van der Waals surface area contributed by atoms with Crippen LogP contribution in [0.2, 0.25) is 10.0 Å². The van der Waals surface area contributed by atoms with Gasteiger partial charge in [0, 0.05) is 17.7 Å². The number of carbonyl (C=O) groups excluding carboxylic acids is 1. The number of nitriles is 1. The molecular weight excluding hydrogens is 311 g/mol. The van der Waals surface area contributed by atoms with Crippen molar-refractivity contribution in [3.63, 3.8) is 0 Å². The van der Waals surface area contributed by atoms with Gasteiger partial charge >= 0.3 is 0 Å². The maximum Gasteiger partial charge on any atom is 0.247 e. The lowest BCUT2D eigenvalue weighted by Gasteiger charge is -2.25. The van der Waals surface area contributed by atoms with Gasteiger partial charge in [0.2, 0.25) is 5.91 Å². The largest absolute Gasteiger partial charge is 0.374 e. The molecule has 0 spiro atoms. The molecule has 21 heavy (non-hydrogen) atoms. The summed E-state index contributed by atoms with van der Waals surface area (Å²) < 4.78 is 0. The van der Waals surface area contributed by atoms with Crippen molar-refractivity contribution in [2.24, 2.45) is 0 Å². The Balaban J connectivity index is 2.20. The summed E-state index contributed by atoms with van der Waals surface area (Å²) in [5.41, 5.74) is 1.22. The molecule has 1 aliphatic rings. The third-order valence-electron chi connectivity index (χ3n) is 3.10. The maximum absolute atomic E-state index is 11.8. The Hall–Kier alpha value is -2.03. The van der Waals surface area contributed by atoms with Gasteiger partial charge < -0.3 is 10.6 Å². The zero-order valence-electron chi connectivity index (χ0n) is 11.0. The fourth-order valence-electron chi connectivity index (χ4n) is 2.06. The van der Waals surface area contributed by atoms with Gasteiger partial charge in [-0.15, -0.1) is 0 Å². The molecule has 0 radical (unpaired) electrons. The third-order valence-corrected chi connectivity index (χ3v) is 3.69. The predicted octanol–water partition coefficient (Wildman–Crippen LogP) is 2.68. The molecule has 0 bridgehead atoms. The number of carbonyl (C=O) groups is 1. The second-order valence-electron chi connectivity index (χ2n) is 4.61. The summed E-state index contributed by atoms with van der Waals surface area (Å²) in [4.78, 5) is 11.8. The van der Waals surface area contributed by atoms with Gasteiger partial charge in [0.05, 0.1) is 27.5 Å². The van der Waals surface area contributed by atoms with Crippen LogP contribution >= 0.6 is 23.2 Å². The van der Waals surface area contributed by atoms with Crippen LogP contribution in [0, 0.1) is 16.7 Å². The number of piperidine rings is 1. The van der Waals surface area contributed by atoms with Crippen molar-refractivity contribution in [2.45, 2.75) is 18.9 Å². The summed E-state index contributed by atoms with van der Waals surface area (Å²) in [6.45, 7) is 3.85. The van der Waals surface area contributed by atoms with Crippen LogP contribution in [0.1, 0.15) is 24.0 Å². The van der Waals surface area contributed by atoms with Gasteiger partial charge in [-0.2, -0.15) is 5.26 Å². The van der Waals surface area contributed by atoms with E-state index in [2.05, 4.69) is 17.2 Å². The van der Waals surface area contributed by atoms with Crippen LogP contribution in [0.3, 0.4) is 0 Å². The summed E-state index contributed by atoms with van der Waals surface area (Å²) in [5.74, 6) is -0.0774. The molecule has 1 amide bonds. The molecule has 1 heterocycles. The molecule has 1 saturated heterocycles. The Morgan fingerprint density at radius 1 is 1.48 bits per heavy atom. The molecular formula is C14H12Cl2N4O. The minimum absolute atomic E-state index is 0.207. The number of rotatable bonds is 3. The molecule has 1 unspecified atom stereocenters. The summed E-state index contributed by atoms with van der Waals surface area (Å²) >= 11 is 12.2. The first-order chi connectivity index (χ1) is 9.92. The Labute approximate surface area is 132 Å². The first-order valence-corrected chi connectivity index (χ1v) is 6.91. The van der Waals surface area contributed by atoms with Gasteiger partial charge in [0.25, 0.3) is 0 Å². The van der Waals surface area contributed by atoms with E-state index in [0.717, 1.165) is 0 Å². The molecule has 3 N–H and O–H groups in total. The summed E-state index contributed by atoms with van der Waals surface area (Å²) in [6.07, 6.45) is 0.973. The zero-order chi connectivity index (χ0) is 15.6. The molecule has 7 heteroatoms. The Kier molecular flexibility index (Phi) is 4.51. The van der Waals surface area contributed by atoms with E-state index in [1.54, 1.807) is 0 Å². The van der Waals surface area contributed by atoms with E-state index in [0.29, 0.717) is 39.7 Å². The number of hydrogen-bond acceptors (Lipinski definition) is 4. The zero-order valence-corrected chi connectivity index (χ0v) is 12.5. The lowest BCUT2D eigenvalue weighted by atomic mass is 10.0. The highest BCUT2D eigenvalue weighted by molar-refractivity contribution is 6.37. The quantitative estimate of drug-likeness (QED) is 0.799. The molecule has 1 aliphatic heterocycles. The van der Waals surface area contributed by atoms with Gasteiger partial charge in [0.15, 0.2) is 0 Å². The summed E-state index contributed by atoms with van der Waals surface area (Å²) in [7, 11) is 0. The number of nitrogens with one attached hydrogen (secondary N) is 3. The van der Waals surface area contributed by atoms with Crippen molar-refractivity contribution in [1.82, 2.24) is 10.6 Å². The van der Waals surface area contributed by atoms with Crippen molar-refractivity contribution >= 4 is 40.6 Å². The van der Waals surface area contributed by atoms with Gasteiger partial charge in [-0.05, 0) is 18.6 Å². The molecule has 0 aromatic heterocycles. The predicted molar refractivity (Wildman–Crippen MR) is 82.2 cm³/mol. The summed E-state index contributed by atoms with van der Waals surface area (Å²) in [6, 6.07) is 4.45. The molecule has 108 valence electrons. The average Bonchev–Trinajstić information content (AvgIpc) is 2.41. The molecule has 2 rings (SSSR count). The van der Waals surface area contributed by atoms with Crippen LogP contribution in [0.4, 0.5) is 0 Å². The van der Waals surface area contributed by atoms with E-state index in [4.69, 9.17) is 33.9 Å². The molecule has 1 aromatic carbocycles. The number of amidine groups is 1. The number of benzene rings is 1. The van der Waals surface area contributed by atoms with Crippen molar-refractivity contribution in [2.75, 3.05) is 0 Å². The number of halogens is 2. The van der Waals surface area contributed by atoms with E-state index in [-0.39, 0.29) is 11.7 Å². The monoisotopic (exact) mass is 322 g/mol. The highest BCUT2D eigenvalue weighted by Crippen LogP contribution is 2.31. The number of amides is 1. The van der Waals surface area contributed by atoms with Crippen LogP contribution in [0.15, 0.2) is 18.7 Å². The maximum atomic E-state index is 11.8. The standard InChI is InChI=1S/C14H12Cl2N4O/c1-7(19-11-2-3-12(18)20-14(11)21)13-9(15)4-8(6-17)5-10(13)16/h4-5,11,19H,1-3H2,(H2,18,20,21). The highest BCUT2D eigenvalue weighted by Gasteiger charge is 2.26. The topological polar surface area (TPSA) is 88.8 Å². The Morgan fingerprint density at radius 2 is 2.10 bits per heavy atom. The number of hydrogen-bond donors (Lipinski definition) is 3. The van der Waals surface area contributed by atoms with E-state index in [1.165, 1.54) is 12.1 Å². The molecule has 0 aliphatic carbocycles. The van der Waals surface area contributed by atoms with Gasteiger partial charge in [-0.1, -0.05) is 29.8 Å².